The molecule has 0 bridgehead atoms. The molecular formula is C21H23BrN2O4. The van der Waals surface area contributed by atoms with E-state index in [2.05, 4.69) is 26.2 Å². The fourth-order valence-electron chi connectivity index (χ4n) is 2.92. The van der Waals surface area contributed by atoms with E-state index < -0.39 is 6.29 Å². The van der Waals surface area contributed by atoms with Crippen LogP contribution in [0.4, 0.5) is 5.69 Å². The van der Waals surface area contributed by atoms with E-state index in [0.717, 1.165) is 16.5 Å². The molecule has 2 atom stereocenters. The molecule has 0 unspecified atom stereocenters. The number of carbonyl (C=O) groups excluding carboxylic acids is 1. The van der Waals surface area contributed by atoms with Gasteiger partial charge >= 0.3 is 0 Å². The van der Waals surface area contributed by atoms with Crippen molar-refractivity contribution in [3.05, 3.63) is 70.7 Å². The molecule has 0 saturated carbocycles. The molecule has 1 aromatic heterocycles. The maximum atomic E-state index is 12.7. The largest absolute Gasteiger partial charge is 0.459 e. The van der Waals surface area contributed by atoms with Gasteiger partial charge in [0.2, 0.25) is 6.29 Å². The van der Waals surface area contributed by atoms with E-state index in [1.165, 1.54) is 0 Å². The van der Waals surface area contributed by atoms with E-state index in [0.29, 0.717) is 25.1 Å². The van der Waals surface area contributed by atoms with Crippen molar-refractivity contribution in [3.63, 3.8) is 0 Å². The molecule has 2 aromatic rings. The quantitative estimate of drug-likeness (QED) is 0.599. The Kier molecular flexibility index (Phi) is 7.59. The summed E-state index contributed by atoms with van der Waals surface area (Å²) in [7, 11) is 0. The van der Waals surface area contributed by atoms with Gasteiger partial charge in [0.25, 0.3) is 5.91 Å². The van der Waals surface area contributed by atoms with Crippen LogP contribution in [0.25, 0.3) is 0 Å². The molecule has 3 rings (SSSR count). The predicted octanol–water partition coefficient (Wildman–Crippen LogP) is 3.99. The van der Waals surface area contributed by atoms with Crippen molar-refractivity contribution in [2.75, 3.05) is 18.5 Å². The van der Waals surface area contributed by atoms with Crippen molar-refractivity contribution in [1.82, 2.24) is 4.98 Å². The number of hydrogen-bond acceptors (Lipinski definition) is 5. The molecule has 0 saturated heterocycles. The first-order chi connectivity index (χ1) is 13.7. The third-order valence-corrected chi connectivity index (χ3v) is 4.88. The summed E-state index contributed by atoms with van der Waals surface area (Å²) in [6, 6.07) is 11.5. The Morgan fingerprint density at radius 3 is 2.82 bits per heavy atom. The number of aliphatic hydroxyl groups is 1. The van der Waals surface area contributed by atoms with Crippen LogP contribution < -0.4 is 5.32 Å². The fourth-order valence-corrected chi connectivity index (χ4v) is 3.18. The highest BCUT2D eigenvalue weighted by atomic mass is 79.9. The number of pyridine rings is 1. The van der Waals surface area contributed by atoms with Gasteiger partial charge in [0.05, 0.1) is 18.5 Å². The van der Waals surface area contributed by atoms with E-state index >= 15 is 0 Å². The number of halogens is 1. The number of aromatic nitrogens is 1. The smallest absolute Gasteiger partial charge is 0.290 e. The fraction of sp³-hybridized carbons (Fsp3) is 0.333. The van der Waals surface area contributed by atoms with Crippen molar-refractivity contribution in [2.24, 2.45) is 0 Å². The van der Waals surface area contributed by atoms with Gasteiger partial charge in [-0.05, 0) is 48.7 Å². The van der Waals surface area contributed by atoms with Crippen molar-refractivity contribution in [2.45, 2.75) is 31.5 Å². The minimum absolute atomic E-state index is 0.000611. The molecule has 2 N–H and O–H groups in total. The Bertz CT molecular complexity index is 796. The first kappa shape index (κ1) is 20.5. The summed E-state index contributed by atoms with van der Waals surface area (Å²) in [5.74, 6) is -0.103. The lowest BCUT2D eigenvalue weighted by Crippen LogP contribution is -2.29. The van der Waals surface area contributed by atoms with Gasteiger partial charge in [0.1, 0.15) is 0 Å². The van der Waals surface area contributed by atoms with Crippen LogP contribution in [0, 0.1) is 0 Å². The average molecular weight is 447 g/mol. The lowest BCUT2D eigenvalue weighted by molar-refractivity contribution is -0.143. The molecule has 148 valence electrons. The standard InChI is InChI=1S/C21H23BrN2O4/c22-17-7-5-15(6-8-17)16-12-19(21(26)24-18-4-3-9-23-14-18)28-20(13-16)27-11-2-1-10-25/h3-9,12,14,16,20,25H,1-2,10-11,13H2,(H,24,26)/t16-,20+/m1/s1. The van der Waals surface area contributed by atoms with Crippen LogP contribution in [-0.2, 0) is 14.3 Å². The summed E-state index contributed by atoms with van der Waals surface area (Å²) < 4.78 is 12.6. The number of carbonyl (C=O) groups is 1. The first-order valence-electron chi connectivity index (χ1n) is 9.23. The number of rotatable bonds is 8. The third kappa shape index (κ3) is 5.89. The van der Waals surface area contributed by atoms with Crippen LogP contribution in [0.15, 0.2) is 65.1 Å². The summed E-state index contributed by atoms with van der Waals surface area (Å²) in [6.45, 7) is 0.602. The topological polar surface area (TPSA) is 80.7 Å². The molecule has 7 heteroatoms. The van der Waals surface area contributed by atoms with E-state index in [4.69, 9.17) is 14.6 Å². The second-order valence-electron chi connectivity index (χ2n) is 6.47. The summed E-state index contributed by atoms with van der Waals surface area (Å²) in [6.07, 6.45) is 6.56. The Morgan fingerprint density at radius 2 is 2.11 bits per heavy atom. The molecule has 6 nitrogen and oxygen atoms in total. The van der Waals surface area contributed by atoms with Crippen molar-refractivity contribution in [3.8, 4) is 0 Å². The maximum absolute atomic E-state index is 12.7. The molecule has 0 fully saturated rings. The minimum atomic E-state index is -0.521. The van der Waals surface area contributed by atoms with E-state index in [1.54, 1.807) is 24.5 Å². The Balaban J connectivity index is 1.74. The van der Waals surface area contributed by atoms with Gasteiger partial charge < -0.3 is 19.9 Å². The molecule has 0 aliphatic carbocycles. The highest BCUT2D eigenvalue weighted by molar-refractivity contribution is 9.10. The predicted molar refractivity (Wildman–Crippen MR) is 110 cm³/mol. The van der Waals surface area contributed by atoms with E-state index in [-0.39, 0.29) is 24.2 Å². The summed E-state index contributed by atoms with van der Waals surface area (Å²) in [5, 5.41) is 11.7. The molecule has 1 amide bonds. The normalized spacial score (nSPS) is 18.9. The second-order valence-corrected chi connectivity index (χ2v) is 7.39. The Labute approximate surface area is 172 Å². The molecule has 1 aromatic carbocycles. The van der Waals surface area contributed by atoms with Gasteiger partial charge in [-0.25, -0.2) is 0 Å². The number of unbranched alkanes of at least 4 members (excludes halogenated alkanes) is 1. The van der Waals surface area contributed by atoms with Crippen LogP contribution in [0.2, 0.25) is 0 Å². The van der Waals surface area contributed by atoms with Crippen molar-refractivity contribution < 1.29 is 19.4 Å². The van der Waals surface area contributed by atoms with Gasteiger partial charge in [-0.2, -0.15) is 0 Å². The minimum Gasteiger partial charge on any atom is -0.459 e. The Hall–Kier alpha value is -2.22. The highest BCUT2D eigenvalue weighted by Crippen LogP contribution is 2.32. The molecule has 2 heterocycles. The SMILES string of the molecule is O=C(Nc1cccnc1)C1=C[C@@H](c2ccc(Br)cc2)C[C@@H](OCCCCO)O1. The number of amides is 1. The average Bonchev–Trinajstić information content (AvgIpc) is 2.72. The van der Waals surface area contributed by atoms with Crippen molar-refractivity contribution in [1.29, 1.82) is 0 Å². The molecular weight excluding hydrogens is 424 g/mol. The summed E-state index contributed by atoms with van der Waals surface area (Å²) >= 11 is 3.45. The number of benzene rings is 1. The number of aliphatic hydroxyl groups excluding tert-OH is 1. The monoisotopic (exact) mass is 446 g/mol. The number of allylic oxidation sites excluding steroid dienone is 1. The molecule has 1 aliphatic heterocycles. The van der Waals surface area contributed by atoms with Gasteiger partial charge in [-0.3, -0.25) is 9.78 Å². The van der Waals surface area contributed by atoms with Gasteiger partial charge in [-0.15, -0.1) is 0 Å². The summed E-state index contributed by atoms with van der Waals surface area (Å²) in [5.41, 5.74) is 1.69. The number of nitrogens with one attached hydrogen (secondary N) is 1. The van der Waals surface area contributed by atoms with E-state index in [9.17, 15) is 4.79 Å². The van der Waals surface area contributed by atoms with Crippen LogP contribution >= 0.6 is 15.9 Å². The number of nitrogens with zero attached hydrogens (tertiary/aromatic N) is 1. The van der Waals surface area contributed by atoms with Gasteiger partial charge in [0, 0.05) is 29.6 Å². The highest BCUT2D eigenvalue weighted by Gasteiger charge is 2.28. The van der Waals surface area contributed by atoms with E-state index in [1.807, 2.05) is 30.3 Å². The van der Waals surface area contributed by atoms with Crippen LogP contribution in [0.3, 0.4) is 0 Å². The summed E-state index contributed by atoms with van der Waals surface area (Å²) in [4.78, 5) is 16.7. The maximum Gasteiger partial charge on any atom is 0.290 e. The molecule has 0 radical (unpaired) electrons. The zero-order valence-electron chi connectivity index (χ0n) is 15.4. The zero-order valence-corrected chi connectivity index (χ0v) is 17.0. The number of anilines is 1. The second kappa shape index (κ2) is 10.4. The van der Waals surface area contributed by atoms with Crippen LogP contribution in [0.5, 0.6) is 0 Å². The Morgan fingerprint density at radius 1 is 1.29 bits per heavy atom. The molecule has 28 heavy (non-hydrogen) atoms. The van der Waals surface area contributed by atoms with Gasteiger partial charge in [-0.1, -0.05) is 28.1 Å². The lowest BCUT2D eigenvalue weighted by atomic mass is 9.93. The zero-order chi connectivity index (χ0) is 19.8. The lowest BCUT2D eigenvalue weighted by Gasteiger charge is -2.29. The number of hydrogen-bond donors (Lipinski definition) is 2. The molecule has 1 aliphatic rings. The third-order valence-electron chi connectivity index (χ3n) is 4.35. The van der Waals surface area contributed by atoms with Gasteiger partial charge in [0.15, 0.2) is 5.76 Å². The van der Waals surface area contributed by atoms with Crippen molar-refractivity contribution >= 4 is 27.5 Å². The van der Waals surface area contributed by atoms with Crippen LogP contribution in [0.1, 0.15) is 30.7 Å². The van der Waals surface area contributed by atoms with Crippen LogP contribution in [-0.4, -0.2) is 35.5 Å². The first-order valence-corrected chi connectivity index (χ1v) is 10.0. The number of ether oxygens (including phenoxy) is 2. The molecule has 0 spiro atoms.